The van der Waals surface area contributed by atoms with Crippen LogP contribution in [0.15, 0.2) is 18.2 Å². The van der Waals surface area contributed by atoms with Crippen LogP contribution in [-0.4, -0.2) is 10.8 Å². The third-order valence-corrected chi connectivity index (χ3v) is 1.55. The van der Waals surface area contributed by atoms with E-state index < -0.39 is 0 Å². The van der Waals surface area contributed by atoms with Crippen LogP contribution in [0.2, 0.25) is 0 Å². The summed E-state index contributed by atoms with van der Waals surface area (Å²) in [5, 5.41) is 0. The Morgan fingerprint density at radius 1 is 1.50 bits per heavy atom. The number of nitrogens with zero attached hydrogens (tertiary/aromatic N) is 1. The third-order valence-electron chi connectivity index (χ3n) is 1.55. The minimum atomic E-state index is -0.0284. The Morgan fingerprint density at radius 3 is 2.67 bits per heavy atom. The highest BCUT2D eigenvalue weighted by atomic mass is 16.1. The fraction of sp³-hybridized carbons (Fsp3) is 0.333. The number of pyridine rings is 1. The van der Waals surface area contributed by atoms with Crippen molar-refractivity contribution in [3.8, 4) is 0 Å². The molecule has 3 heteroatoms. The van der Waals surface area contributed by atoms with Crippen LogP contribution < -0.4 is 5.73 Å². The van der Waals surface area contributed by atoms with E-state index in [4.69, 9.17) is 5.73 Å². The first-order valence-corrected chi connectivity index (χ1v) is 3.88. The van der Waals surface area contributed by atoms with Crippen molar-refractivity contribution in [2.24, 2.45) is 5.92 Å². The van der Waals surface area contributed by atoms with Crippen molar-refractivity contribution in [3.63, 3.8) is 0 Å². The molecule has 0 fully saturated rings. The molecule has 0 aromatic carbocycles. The molecule has 0 aliphatic rings. The first-order chi connectivity index (χ1) is 5.61. The SMILES string of the molecule is CC(C)C(=O)c1cccc(N)n1. The predicted octanol–water partition coefficient (Wildman–Crippen LogP) is 1.50. The van der Waals surface area contributed by atoms with Gasteiger partial charge in [-0.3, -0.25) is 4.79 Å². The number of ketones is 1. The van der Waals surface area contributed by atoms with Gasteiger partial charge in [-0.05, 0) is 12.1 Å². The topological polar surface area (TPSA) is 56.0 Å². The average molecular weight is 164 g/mol. The lowest BCUT2D eigenvalue weighted by Crippen LogP contribution is -2.10. The molecule has 12 heavy (non-hydrogen) atoms. The van der Waals surface area contributed by atoms with Crippen LogP contribution in [0.25, 0.3) is 0 Å². The Labute approximate surface area is 71.6 Å². The maximum absolute atomic E-state index is 11.4. The number of hydrogen-bond acceptors (Lipinski definition) is 3. The van der Waals surface area contributed by atoms with E-state index in [9.17, 15) is 4.79 Å². The summed E-state index contributed by atoms with van der Waals surface area (Å²) in [6, 6.07) is 5.08. The molecule has 0 atom stereocenters. The Morgan fingerprint density at radius 2 is 2.17 bits per heavy atom. The van der Waals surface area contributed by atoms with Crippen LogP contribution in [-0.2, 0) is 0 Å². The normalized spacial score (nSPS) is 10.2. The minimum absolute atomic E-state index is 0.0284. The summed E-state index contributed by atoms with van der Waals surface area (Å²) < 4.78 is 0. The van der Waals surface area contributed by atoms with E-state index in [0.29, 0.717) is 11.5 Å². The number of carbonyl (C=O) groups is 1. The van der Waals surface area contributed by atoms with Gasteiger partial charge in [0.15, 0.2) is 5.78 Å². The smallest absolute Gasteiger partial charge is 0.183 e. The predicted molar refractivity (Wildman–Crippen MR) is 47.8 cm³/mol. The molecule has 2 N–H and O–H groups in total. The van der Waals surface area contributed by atoms with Crippen LogP contribution in [0.4, 0.5) is 5.82 Å². The number of nitrogen functional groups attached to an aromatic ring is 1. The Balaban J connectivity index is 2.96. The van der Waals surface area contributed by atoms with Gasteiger partial charge in [0.25, 0.3) is 0 Å². The van der Waals surface area contributed by atoms with Gasteiger partial charge in [0.05, 0.1) is 0 Å². The largest absolute Gasteiger partial charge is 0.384 e. The molecular weight excluding hydrogens is 152 g/mol. The van der Waals surface area contributed by atoms with Crippen LogP contribution in [0.5, 0.6) is 0 Å². The molecule has 0 aliphatic carbocycles. The highest BCUT2D eigenvalue weighted by Crippen LogP contribution is 2.07. The number of Topliss-reactive ketones (excluding diaryl/α,β-unsaturated/α-hetero) is 1. The van der Waals surface area contributed by atoms with E-state index in [1.54, 1.807) is 18.2 Å². The second kappa shape index (κ2) is 3.34. The summed E-state index contributed by atoms with van der Waals surface area (Å²) in [6.07, 6.45) is 0. The van der Waals surface area contributed by atoms with Crippen LogP contribution in [0.1, 0.15) is 24.3 Å². The highest BCUT2D eigenvalue weighted by Gasteiger charge is 2.10. The van der Waals surface area contributed by atoms with Crippen molar-refractivity contribution in [1.82, 2.24) is 4.98 Å². The fourth-order valence-corrected chi connectivity index (χ4v) is 0.884. The molecule has 0 saturated carbocycles. The molecule has 0 aliphatic heterocycles. The van der Waals surface area contributed by atoms with E-state index in [0.717, 1.165) is 0 Å². The van der Waals surface area contributed by atoms with Gasteiger partial charge >= 0.3 is 0 Å². The molecule has 1 aromatic rings. The zero-order valence-corrected chi connectivity index (χ0v) is 7.24. The van der Waals surface area contributed by atoms with Crippen LogP contribution in [0.3, 0.4) is 0 Å². The highest BCUT2D eigenvalue weighted by molar-refractivity contribution is 5.95. The number of aromatic nitrogens is 1. The van der Waals surface area contributed by atoms with Crippen molar-refractivity contribution in [1.29, 1.82) is 0 Å². The standard InChI is InChI=1S/C9H12N2O/c1-6(2)9(12)7-4-3-5-8(10)11-7/h3-6H,1-2H3,(H2,10,11). The lowest BCUT2D eigenvalue weighted by atomic mass is 10.1. The Hall–Kier alpha value is -1.38. The lowest BCUT2D eigenvalue weighted by Gasteiger charge is -2.02. The van der Waals surface area contributed by atoms with Gasteiger partial charge in [-0.15, -0.1) is 0 Å². The van der Waals surface area contributed by atoms with Crippen LogP contribution in [0, 0.1) is 5.92 Å². The molecule has 64 valence electrons. The van der Waals surface area contributed by atoms with Crippen molar-refractivity contribution >= 4 is 11.6 Å². The van der Waals surface area contributed by atoms with Crippen molar-refractivity contribution in [3.05, 3.63) is 23.9 Å². The number of nitrogens with two attached hydrogens (primary N) is 1. The minimum Gasteiger partial charge on any atom is -0.384 e. The van der Waals surface area contributed by atoms with Crippen molar-refractivity contribution in [2.75, 3.05) is 5.73 Å². The van der Waals surface area contributed by atoms with Gasteiger partial charge in [-0.25, -0.2) is 4.98 Å². The monoisotopic (exact) mass is 164 g/mol. The zero-order chi connectivity index (χ0) is 9.14. The summed E-state index contributed by atoms with van der Waals surface area (Å²) in [7, 11) is 0. The van der Waals surface area contributed by atoms with Gasteiger partial charge in [0.1, 0.15) is 11.5 Å². The van der Waals surface area contributed by atoms with E-state index in [1.807, 2.05) is 13.8 Å². The summed E-state index contributed by atoms with van der Waals surface area (Å²) in [6.45, 7) is 3.68. The number of carbonyl (C=O) groups excluding carboxylic acids is 1. The summed E-state index contributed by atoms with van der Waals surface area (Å²) in [5.41, 5.74) is 5.88. The van der Waals surface area contributed by atoms with Gasteiger partial charge < -0.3 is 5.73 Å². The molecule has 0 spiro atoms. The van der Waals surface area contributed by atoms with Gasteiger partial charge in [0.2, 0.25) is 0 Å². The maximum Gasteiger partial charge on any atom is 0.183 e. The number of rotatable bonds is 2. The van der Waals surface area contributed by atoms with E-state index >= 15 is 0 Å². The number of hydrogen-bond donors (Lipinski definition) is 1. The third kappa shape index (κ3) is 1.81. The van der Waals surface area contributed by atoms with Crippen LogP contribution >= 0.6 is 0 Å². The first-order valence-electron chi connectivity index (χ1n) is 3.88. The molecule has 0 radical (unpaired) electrons. The summed E-state index contributed by atoms with van der Waals surface area (Å²) >= 11 is 0. The molecule has 1 aromatic heterocycles. The van der Waals surface area contributed by atoms with E-state index in [2.05, 4.69) is 4.98 Å². The first kappa shape index (κ1) is 8.71. The summed E-state index contributed by atoms with van der Waals surface area (Å²) in [5.74, 6) is 0.392. The number of anilines is 1. The molecule has 3 nitrogen and oxygen atoms in total. The van der Waals surface area contributed by atoms with Gasteiger partial charge in [-0.2, -0.15) is 0 Å². The second-order valence-corrected chi connectivity index (χ2v) is 2.97. The Kier molecular flexibility index (Phi) is 2.43. The molecule has 1 heterocycles. The molecule has 0 saturated heterocycles. The second-order valence-electron chi connectivity index (χ2n) is 2.97. The Bertz CT molecular complexity index is 294. The molecule has 1 rings (SSSR count). The molecular formula is C9H12N2O. The van der Waals surface area contributed by atoms with Crippen molar-refractivity contribution in [2.45, 2.75) is 13.8 Å². The van der Waals surface area contributed by atoms with Gasteiger partial charge in [-0.1, -0.05) is 19.9 Å². The lowest BCUT2D eigenvalue weighted by molar-refractivity contribution is 0.0934. The van der Waals surface area contributed by atoms with Gasteiger partial charge in [0, 0.05) is 5.92 Å². The maximum atomic E-state index is 11.4. The molecule has 0 unspecified atom stereocenters. The molecule has 0 bridgehead atoms. The van der Waals surface area contributed by atoms with E-state index in [1.165, 1.54) is 0 Å². The van der Waals surface area contributed by atoms with E-state index in [-0.39, 0.29) is 11.7 Å². The molecule has 0 amide bonds. The summed E-state index contributed by atoms with van der Waals surface area (Å²) in [4.78, 5) is 15.3. The van der Waals surface area contributed by atoms with Crippen molar-refractivity contribution < 1.29 is 4.79 Å². The average Bonchev–Trinajstić information content (AvgIpc) is 2.03. The zero-order valence-electron chi connectivity index (χ0n) is 7.24. The quantitative estimate of drug-likeness (QED) is 0.674. The fourth-order valence-electron chi connectivity index (χ4n) is 0.884.